The molecular weight excluding hydrogens is 252 g/mol. The Labute approximate surface area is 110 Å². The fourth-order valence-electron chi connectivity index (χ4n) is 1.62. The lowest BCUT2D eigenvalue weighted by atomic mass is 10.2. The Hall–Kier alpha value is -1.88. The molecule has 0 spiro atoms. The molecule has 2 aromatic rings. The Morgan fingerprint density at radius 2 is 2.33 bits per heavy atom. The van der Waals surface area contributed by atoms with Crippen LogP contribution in [0, 0.1) is 0 Å². The summed E-state index contributed by atoms with van der Waals surface area (Å²) in [5, 5.41) is 3.07. The van der Waals surface area contributed by atoms with Crippen LogP contribution in [0.5, 0.6) is 0 Å². The Bertz CT molecular complexity index is 527. The van der Waals surface area contributed by atoms with E-state index in [2.05, 4.69) is 20.3 Å². The van der Waals surface area contributed by atoms with Gasteiger partial charge in [0.1, 0.15) is 11.0 Å². The van der Waals surface area contributed by atoms with E-state index in [1.165, 1.54) is 0 Å². The van der Waals surface area contributed by atoms with Crippen LogP contribution in [0.3, 0.4) is 0 Å². The summed E-state index contributed by atoms with van der Waals surface area (Å²) >= 11 is 5.88. The lowest BCUT2D eigenvalue weighted by Gasteiger charge is -2.14. The molecule has 6 heteroatoms. The van der Waals surface area contributed by atoms with E-state index >= 15 is 0 Å². The highest BCUT2D eigenvalue weighted by Gasteiger charge is 2.17. The zero-order valence-electron chi connectivity index (χ0n) is 9.85. The number of H-pyrrole nitrogens is 1. The summed E-state index contributed by atoms with van der Waals surface area (Å²) in [4.78, 5) is 23.1. The normalized spacial score (nSPS) is 12.1. The van der Waals surface area contributed by atoms with Crippen molar-refractivity contribution in [2.75, 3.05) is 0 Å². The molecule has 5 nitrogen and oxygen atoms in total. The number of nitrogens with one attached hydrogen (secondary N) is 2. The number of nitrogens with zero attached hydrogens (tertiary/aromatic N) is 2. The molecule has 0 fully saturated rings. The van der Waals surface area contributed by atoms with Crippen LogP contribution in [0.4, 0.5) is 0 Å². The number of halogens is 1. The van der Waals surface area contributed by atoms with E-state index in [4.69, 9.17) is 11.6 Å². The van der Waals surface area contributed by atoms with Crippen LogP contribution in [-0.4, -0.2) is 20.9 Å². The van der Waals surface area contributed by atoms with Gasteiger partial charge in [0.05, 0.1) is 11.6 Å². The summed E-state index contributed by atoms with van der Waals surface area (Å²) in [5.41, 5.74) is 0.365. The molecule has 0 aliphatic rings. The third kappa shape index (κ3) is 2.68. The van der Waals surface area contributed by atoms with Crippen LogP contribution >= 0.6 is 11.6 Å². The van der Waals surface area contributed by atoms with Crippen LogP contribution in [0.2, 0.25) is 5.15 Å². The summed E-state index contributed by atoms with van der Waals surface area (Å²) in [5.74, 6) is 0.474. The fraction of sp³-hybridized carbons (Fsp3) is 0.250. The molecule has 2 rings (SSSR count). The summed E-state index contributed by atoms with van der Waals surface area (Å²) in [6.07, 6.45) is 5.66. The van der Waals surface area contributed by atoms with Crippen LogP contribution in [-0.2, 0) is 0 Å². The van der Waals surface area contributed by atoms with Gasteiger partial charge in [0, 0.05) is 18.6 Å². The van der Waals surface area contributed by atoms with Crippen molar-refractivity contribution >= 4 is 17.5 Å². The quantitative estimate of drug-likeness (QED) is 0.833. The topological polar surface area (TPSA) is 70.7 Å². The number of rotatable bonds is 4. The van der Waals surface area contributed by atoms with Crippen molar-refractivity contribution in [1.82, 2.24) is 20.3 Å². The third-order valence-electron chi connectivity index (χ3n) is 2.57. The number of pyridine rings is 1. The van der Waals surface area contributed by atoms with Gasteiger partial charge in [-0.05, 0) is 18.6 Å². The number of aromatic amines is 1. The Morgan fingerprint density at radius 1 is 1.50 bits per heavy atom. The van der Waals surface area contributed by atoms with E-state index in [1.807, 2.05) is 6.92 Å². The zero-order chi connectivity index (χ0) is 13.0. The van der Waals surface area contributed by atoms with Gasteiger partial charge in [0.15, 0.2) is 0 Å². The first-order chi connectivity index (χ1) is 8.72. The van der Waals surface area contributed by atoms with Gasteiger partial charge >= 0.3 is 0 Å². The van der Waals surface area contributed by atoms with Crippen molar-refractivity contribution in [2.24, 2.45) is 0 Å². The van der Waals surface area contributed by atoms with Crippen LogP contribution in [0.25, 0.3) is 0 Å². The van der Waals surface area contributed by atoms with Gasteiger partial charge in [-0.1, -0.05) is 18.5 Å². The van der Waals surface area contributed by atoms with Gasteiger partial charge in [0.2, 0.25) is 0 Å². The average Bonchev–Trinajstić information content (AvgIpc) is 2.90. The average molecular weight is 265 g/mol. The minimum Gasteiger partial charge on any atom is -0.347 e. The molecule has 0 aliphatic carbocycles. The third-order valence-corrected chi connectivity index (χ3v) is 2.87. The molecule has 0 aromatic carbocycles. The smallest absolute Gasteiger partial charge is 0.254 e. The Balaban J connectivity index is 2.14. The highest BCUT2D eigenvalue weighted by molar-refractivity contribution is 6.32. The first kappa shape index (κ1) is 12.6. The van der Waals surface area contributed by atoms with Gasteiger partial charge in [-0.15, -0.1) is 0 Å². The van der Waals surface area contributed by atoms with Crippen molar-refractivity contribution in [3.05, 3.63) is 47.3 Å². The summed E-state index contributed by atoms with van der Waals surface area (Å²) in [7, 11) is 0. The van der Waals surface area contributed by atoms with Gasteiger partial charge in [0.25, 0.3) is 5.91 Å². The number of imidazole rings is 1. The van der Waals surface area contributed by atoms with E-state index in [0.29, 0.717) is 5.56 Å². The molecule has 18 heavy (non-hydrogen) atoms. The number of amides is 1. The number of hydrogen-bond donors (Lipinski definition) is 2. The molecule has 1 amide bonds. The largest absolute Gasteiger partial charge is 0.347 e. The Morgan fingerprint density at radius 3 is 2.94 bits per heavy atom. The molecule has 0 aliphatic heterocycles. The van der Waals surface area contributed by atoms with Crippen LogP contribution in [0.1, 0.15) is 35.6 Å². The van der Waals surface area contributed by atoms with Crippen LogP contribution in [0.15, 0.2) is 30.7 Å². The summed E-state index contributed by atoms with van der Waals surface area (Å²) in [6, 6.07) is 3.15. The summed E-state index contributed by atoms with van der Waals surface area (Å²) < 4.78 is 0. The minimum absolute atomic E-state index is 0.163. The number of hydrogen-bond acceptors (Lipinski definition) is 3. The van der Waals surface area contributed by atoms with E-state index in [0.717, 1.165) is 12.2 Å². The first-order valence-electron chi connectivity index (χ1n) is 5.63. The predicted molar refractivity (Wildman–Crippen MR) is 68.3 cm³/mol. The van der Waals surface area contributed by atoms with Gasteiger partial charge in [-0.25, -0.2) is 9.97 Å². The van der Waals surface area contributed by atoms with Crippen molar-refractivity contribution < 1.29 is 4.79 Å². The number of carbonyl (C=O) groups excluding carboxylic acids is 1. The maximum Gasteiger partial charge on any atom is 0.254 e. The molecule has 2 N–H and O–H groups in total. The molecule has 1 unspecified atom stereocenters. The molecule has 0 saturated carbocycles. The second kappa shape index (κ2) is 5.64. The molecule has 0 bridgehead atoms. The molecule has 0 saturated heterocycles. The maximum absolute atomic E-state index is 12.1. The van der Waals surface area contributed by atoms with Gasteiger partial charge in [-0.2, -0.15) is 0 Å². The van der Waals surface area contributed by atoms with Crippen molar-refractivity contribution in [2.45, 2.75) is 19.4 Å². The SMILES string of the molecule is CCC(NC(=O)c1cccnc1Cl)c1ncc[nH]1. The van der Waals surface area contributed by atoms with E-state index in [-0.39, 0.29) is 17.1 Å². The molecule has 94 valence electrons. The molecule has 1 atom stereocenters. The first-order valence-corrected chi connectivity index (χ1v) is 6.00. The highest BCUT2D eigenvalue weighted by atomic mass is 35.5. The summed E-state index contributed by atoms with van der Waals surface area (Å²) in [6.45, 7) is 1.97. The van der Waals surface area contributed by atoms with E-state index < -0.39 is 0 Å². The molecule has 2 heterocycles. The predicted octanol–water partition coefficient (Wildman–Crippen LogP) is 2.34. The zero-order valence-corrected chi connectivity index (χ0v) is 10.6. The lowest BCUT2D eigenvalue weighted by Crippen LogP contribution is -2.29. The molecular formula is C12H13ClN4O. The molecule has 2 aromatic heterocycles. The van der Waals surface area contributed by atoms with E-state index in [1.54, 1.807) is 30.7 Å². The monoisotopic (exact) mass is 264 g/mol. The number of carbonyl (C=O) groups is 1. The Kier molecular flexibility index (Phi) is 3.94. The second-order valence-electron chi connectivity index (χ2n) is 3.75. The second-order valence-corrected chi connectivity index (χ2v) is 4.11. The fourth-order valence-corrected chi connectivity index (χ4v) is 1.83. The van der Waals surface area contributed by atoms with Gasteiger partial charge < -0.3 is 10.3 Å². The maximum atomic E-state index is 12.1. The standard InChI is InChI=1S/C12H13ClN4O/c1-2-9(11-15-6-7-16-11)17-12(18)8-4-3-5-14-10(8)13/h3-7,9H,2H2,1H3,(H,15,16)(H,17,18). The van der Waals surface area contributed by atoms with Crippen LogP contribution < -0.4 is 5.32 Å². The number of aromatic nitrogens is 3. The minimum atomic E-state index is -0.253. The van der Waals surface area contributed by atoms with Crippen molar-refractivity contribution in [3.8, 4) is 0 Å². The van der Waals surface area contributed by atoms with Gasteiger partial charge in [-0.3, -0.25) is 4.79 Å². The highest BCUT2D eigenvalue weighted by Crippen LogP contribution is 2.15. The van der Waals surface area contributed by atoms with E-state index in [9.17, 15) is 4.79 Å². The van der Waals surface area contributed by atoms with Crippen molar-refractivity contribution in [1.29, 1.82) is 0 Å². The van der Waals surface area contributed by atoms with Crippen molar-refractivity contribution in [3.63, 3.8) is 0 Å². The lowest BCUT2D eigenvalue weighted by molar-refractivity contribution is 0.0933. The molecule has 0 radical (unpaired) electrons.